The van der Waals surface area contributed by atoms with Gasteiger partial charge in [-0.3, -0.25) is 0 Å². The number of aromatic hydroxyl groups is 1. The second kappa shape index (κ2) is 10.3. The van der Waals surface area contributed by atoms with Crippen molar-refractivity contribution in [2.45, 2.75) is 23.7 Å². The molecule has 0 aliphatic rings. The standard InChI is InChI=1S/C27H22O6S/c1-17(19-7-3-2-4-8-19)34-25-22(28)15-24(33-27(25)31)21-9-5-6-10-23(21)32-16-18-11-13-20(14-12-18)26(29)30/h2-15,17,28H,16H2,1H3,(H,29,30). The summed E-state index contributed by atoms with van der Waals surface area (Å²) >= 11 is 1.24. The fourth-order valence-electron chi connectivity index (χ4n) is 3.38. The van der Waals surface area contributed by atoms with Crippen molar-refractivity contribution in [3.63, 3.8) is 0 Å². The normalized spacial score (nSPS) is 11.7. The molecule has 0 saturated carbocycles. The largest absolute Gasteiger partial charge is 0.506 e. The second-order valence-corrected chi connectivity index (χ2v) is 8.92. The molecular formula is C27H22O6S. The molecule has 0 saturated heterocycles. The van der Waals surface area contributed by atoms with Gasteiger partial charge in [-0.15, -0.1) is 11.8 Å². The zero-order valence-corrected chi connectivity index (χ0v) is 19.1. The number of hydrogen-bond donors (Lipinski definition) is 2. The third-order valence-corrected chi connectivity index (χ3v) is 6.44. The van der Waals surface area contributed by atoms with Gasteiger partial charge in [0.15, 0.2) is 0 Å². The Morgan fingerprint density at radius 2 is 1.68 bits per heavy atom. The molecule has 1 heterocycles. The Morgan fingerprint density at radius 1 is 1.00 bits per heavy atom. The minimum Gasteiger partial charge on any atom is -0.506 e. The summed E-state index contributed by atoms with van der Waals surface area (Å²) in [6.07, 6.45) is 0. The van der Waals surface area contributed by atoms with Gasteiger partial charge in [0.05, 0.1) is 11.1 Å². The lowest BCUT2D eigenvalue weighted by Crippen LogP contribution is -2.05. The monoisotopic (exact) mass is 474 g/mol. The molecule has 0 amide bonds. The minimum absolute atomic E-state index is 0.0519. The van der Waals surface area contributed by atoms with Crippen molar-refractivity contribution in [2.75, 3.05) is 0 Å². The van der Waals surface area contributed by atoms with Crippen molar-refractivity contribution in [1.82, 2.24) is 0 Å². The number of hydrogen-bond acceptors (Lipinski definition) is 6. The van der Waals surface area contributed by atoms with Crippen molar-refractivity contribution in [2.24, 2.45) is 0 Å². The first kappa shape index (κ1) is 23.2. The van der Waals surface area contributed by atoms with Crippen LogP contribution in [-0.2, 0) is 6.61 Å². The molecule has 1 unspecified atom stereocenters. The van der Waals surface area contributed by atoms with Crippen LogP contribution in [0.5, 0.6) is 11.5 Å². The fourth-order valence-corrected chi connectivity index (χ4v) is 4.35. The Labute approximate surface area is 200 Å². The number of rotatable bonds is 8. The van der Waals surface area contributed by atoms with Gasteiger partial charge in [0.2, 0.25) is 0 Å². The third kappa shape index (κ3) is 5.32. The Morgan fingerprint density at radius 3 is 2.35 bits per heavy atom. The summed E-state index contributed by atoms with van der Waals surface area (Å²) in [5.41, 5.74) is 1.91. The topological polar surface area (TPSA) is 97.0 Å². The van der Waals surface area contributed by atoms with Gasteiger partial charge < -0.3 is 19.4 Å². The van der Waals surface area contributed by atoms with Crippen LogP contribution in [0.2, 0.25) is 0 Å². The lowest BCUT2D eigenvalue weighted by molar-refractivity contribution is 0.0697. The van der Waals surface area contributed by atoms with Crippen molar-refractivity contribution < 1.29 is 24.2 Å². The van der Waals surface area contributed by atoms with E-state index < -0.39 is 11.6 Å². The molecule has 4 rings (SSSR count). The molecule has 1 atom stereocenters. The average molecular weight is 475 g/mol. The maximum Gasteiger partial charge on any atom is 0.353 e. The highest BCUT2D eigenvalue weighted by atomic mass is 32.2. The molecule has 34 heavy (non-hydrogen) atoms. The first-order valence-electron chi connectivity index (χ1n) is 10.6. The van der Waals surface area contributed by atoms with Crippen molar-refractivity contribution in [1.29, 1.82) is 0 Å². The number of carboxylic acids is 1. The molecule has 172 valence electrons. The van der Waals surface area contributed by atoms with Gasteiger partial charge in [-0.05, 0) is 42.3 Å². The molecule has 3 aromatic carbocycles. The van der Waals surface area contributed by atoms with Crippen molar-refractivity contribution in [3.05, 3.63) is 112 Å². The molecule has 0 aliphatic carbocycles. The predicted molar refractivity (Wildman–Crippen MR) is 131 cm³/mol. The Bertz CT molecular complexity index is 1350. The zero-order valence-electron chi connectivity index (χ0n) is 18.3. The molecule has 6 nitrogen and oxygen atoms in total. The Kier molecular flexibility index (Phi) is 7.04. The molecular weight excluding hydrogens is 452 g/mol. The smallest absolute Gasteiger partial charge is 0.353 e. The summed E-state index contributed by atoms with van der Waals surface area (Å²) in [7, 11) is 0. The quantitative estimate of drug-likeness (QED) is 0.296. The van der Waals surface area contributed by atoms with Crippen molar-refractivity contribution in [3.8, 4) is 22.8 Å². The summed E-state index contributed by atoms with van der Waals surface area (Å²) in [5.74, 6) is -0.494. The van der Waals surface area contributed by atoms with Crippen LogP contribution in [0.15, 0.2) is 99.0 Å². The van der Waals surface area contributed by atoms with E-state index in [1.54, 1.807) is 36.4 Å². The van der Waals surface area contributed by atoms with Crippen LogP contribution in [0, 0.1) is 0 Å². The molecule has 0 spiro atoms. The molecule has 7 heteroatoms. The molecule has 2 N–H and O–H groups in total. The maximum absolute atomic E-state index is 12.7. The number of carboxylic acid groups (broad SMARTS) is 1. The summed E-state index contributed by atoms with van der Waals surface area (Å²) < 4.78 is 11.5. The maximum atomic E-state index is 12.7. The van der Waals surface area contributed by atoms with Crippen LogP contribution in [0.1, 0.15) is 33.7 Å². The van der Waals surface area contributed by atoms with Gasteiger partial charge >= 0.3 is 11.6 Å². The fraction of sp³-hybridized carbons (Fsp3) is 0.111. The number of carbonyl (C=O) groups is 1. The summed E-state index contributed by atoms with van der Waals surface area (Å²) in [6.45, 7) is 2.15. The Hall–Kier alpha value is -3.97. The number of benzene rings is 3. The molecule has 0 fully saturated rings. The lowest BCUT2D eigenvalue weighted by Gasteiger charge is -2.14. The van der Waals surface area contributed by atoms with E-state index in [1.807, 2.05) is 37.3 Å². The molecule has 4 aromatic rings. The van der Waals surface area contributed by atoms with Crippen LogP contribution < -0.4 is 10.4 Å². The zero-order chi connectivity index (χ0) is 24.1. The van der Waals surface area contributed by atoms with Crippen LogP contribution in [0.25, 0.3) is 11.3 Å². The van der Waals surface area contributed by atoms with E-state index in [4.69, 9.17) is 14.3 Å². The van der Waals surface area contributed by atoms with Gasteiger partial charge in [-0.2, -0.15) is 0 Å². The molecule has 0 aliphatic heterocycles. The van der Waals surface area contributed by atoms with Crippen LogP contribution in [0.3, 0.4) is 0 Å². The van der Waals surface area contributed by atoms with E-state index >= 15 is 0 Å². The third-order valence-electron chi connectivity index (χ3n) is 5.20. The Balaban J connectivity index is 1.55. The van der Waals surface area contributed by atoms with Crippen LogP contribution >= 0.6 is 11.8 Å². The highest BCUT2D eigenvalue weighted by molar-refractivity contribution is 7.99. The predicted octanol–water partition coefficient (Wildman–Crippen LogP) is 6.14. The molecule has 1 aromatic heterocycles. The van der Waals surface area contributed by atoms with Gasteiger partial charge in [-0.25, -0.2) is 9.59 Å². The summed E-state index contributed by atoms with van der Waals surface area (Å²) in [4.78, 5) is 23.9. The number of ether oxygens (including phenoxy) is 1. The van der Waals surface area contributed by atoms with E-state index in [2.05, 4.69) is 0 Å². The highest BCUT2D eigenvalue weighted by Gasteiger charge is 2.19. The molecule has 0 bridgehead atoms. The number of aromatic carboxylic acids is 1. The number of thioether (sulfide) groups is 1. The van der Waals surface area contributed by atoms with Crippen LogP contribution in [-0.4, -0.2) is 16.2 Å². The van der Waals surface area contributed by atoms with E-state index in [9.17, 15) is 14.7 Å². The van der Waals surface area contributed by atoms with Gasteiger partial charge in [0, 0.05) is 11.3 Å². The highest BCUT2D eigenvalue weighted by Crippen LogP contribution is 2.39. The first-order valence-corrected chi connectivity index (χ1v) is 11.4. The van der Waals surface area contributed by atoms with Gasteiger partial charge in [0.1, 0.15) is 28.8 Å². The summed E-state index contributed by atoms with van der Waals surface area (Å²) in [6, 6.07) is 24.5. The minimum atomic E-state index is -0.993. The van der Waals surface area contributed by atoms with E-state index in [0.717, 1.165) is 11.1 Å². The van der Waals surface area contributed by atoms with E-state index in [0.29, 0.717) is 11.3 Å². The SMILES string of the molecule is CC(Sc1c(O)cc(-c2ccccc2OCc2ccc(C(=O)O)cc2)oc1=O)c1ccccc1. The first-order chi connectivity index (χ1) is 16.4. The number of para-hydroxylation sites is 1. The molecule has 0 radical (unpaired) electrons. The van der Waals surface area contributed by atoms with E-state index in [-0.39, 0.29) is 33.8 Å². The lowest BCUT2D eigenvalue weighted by atomic mass is 10.1. The van der Waals surface area contributed by atoms with Crippen LogP contribution in [0.4, 0.5) is 0 Å². The van der Waals surface area contributed by atoms with Gasteiger partial charge in [-0.1, -0.05) is 54.6 Å². The van der Waals surface area contributed by atoms with E-state index in [1.165, 1.54) is 30.0 Å². The second-order valence-electron chi connectivity index (χ2n) is 7.57. The average Bonchev–Trinajstić information content (AvgIpc) is 2.85. The van der Waals surface area contributed by atoms with Crippen molar-refractivity contribution >= 4 is 17.7 Å². The summed E-state index contributed by atoms with van der Waals surface area (Å²) in [5, 5.41) is 19.6. The van der Waals surface area contributed by atoms with Gasteiger partial charge in [0.25, 0.3) is 0 Å².